The number of carbonyl (C=O) groups is 1. The van der Waals surface area contributed by atoms with E-state index in [9.17, 15) is 9.18 Å². The predicted molar refractivity (Wildman–Crippen MR) is 61.9 cm³/mol. The van der Waals surface area contributed by atoms with Crippen LogP contribution in [0.25, 0.3) is 0 Å². The molecule has 0 radical (unpaired) electrons. The number of ether oxygens (including phenoxy) is 1. The Morgan fingerprint density at radius 3 is 2.89 bits per heavy atom. The van der Waals surface area contributed by atoms with E-state index in [1.165, 1.54) is 18.2 Å². The van der Waals surface area contributed by atoms with Crippen LogP contribution in [0, 0.1) is 5.82 Å². The number of aromatic carboxylic acids is 1. The maximum absolute atomic E-state index is 13.4. The average molecular weight is 316 g/mol. The number of halogens is 2. The van der Waals surface area contributed by atoms with Gasteiger partial charge in [-0.05, 0) is 18.2 Å². The van der Waals surface area contributed by atoms with Crippen molar-refractivity contribution in [2.24, 2.45) is 0 Å². The maximum Gasteiger partial charge on any atom is 0.358 e. The Bertz CT molecular complexity index is 584. The molecule has 0 fully saturated rings. The summed E-state index contributed by atoms with van der Waals surface area (Å²) in [5.41, 5.74) is -0.218. The second-order valence-corrected chi connectivity index (χ2v) is 4.26. The SMILES string of the molecule is O=C(O)c1cc(COc2ccc(Br)cc2F)on1. The highest BCUT2D eigenvalue weighted by Gasteiger charge is 2.12. The number of benzene rings is 1. The molecule has 1 N–H and O–H groups in total. The van der Waals surface area contributed by atoms with E-state index in [0.717, 1.165) is 0 Å². The zero-order chi connectivity index (χ0) is 13.1. The molecule has 7 heteroatoms. The lowest BCUT2D eigenvalue weighted by Gasteiger charge is -2.04. The molecule has 0 aliphatic rings. The van der Waals surface area contributed by atoms with Crippen molar-refractivity contribution in [1.29, 1.82) is 0 Å². The summed E-state index contributed by atoms with van der Waals surface area (Å²) in [7, 11) is 0. The van der Waals surface area contributed by atoms with E-state index in [2.05, 4.69) is 21.1 Å². The quantitative estimate of drug-likeness (QED) is 0.939. The Balaban J connectivity index is 2.04. The summed E-state index contributed by atoms with van der Waals surface area (Å²) in [6.07, 6.45) is 0. The first-order valence-electron chi connectivity index (χ1n) is 4.83. The number of carboxylic acid groups (broad SMARTS) is 1. The fourth-order valence-electron chi connectivity index (χ4n) is 1.22. The van der Waals surface area contributed by atoms with Gasteiger partial charge in [0, 0.05) is 10.5 Å². The van der Waals surface area contributed by atoms with Crippen LogP contribution in [0.4, 0.5) is 4.39 Å². The van der Waals surface area contributed by atoms with E-state index < -0.39 is 11.8 Å². The molecule has 0 saturated heterocycles. The van der Waals surface area contributed by atoms with E-state index in [1.807, 2.05) is 0 Å². The summed E-state index contributed by atoms with van der Waals surface area (Å²) in [4.78, 5) is 10.6. The standard InChI is InChI=1S/C11H7BrFNO4/c12-6-1-2-10(8(13)3-6)17-5-7-4-9(11(15)16)14-18-7/h1-4H,5H2,(H,15,16). The van der Waals surface area contributed by atoms with E-state index >= 15 is 0 Å². The van der Waals surface area contributed by atoms with Crippen LogP contribution in [0.3, 0.4) is 0 Å². The summed E-state index contributed by atoms with van der Waals surface area (Å²) in [5, 5.41) is 11.9. The number of rotatable bonds is 4. The Hall–Kier alpha value is -1.89. The zero-order valence-corrected chi connectivity index (χ0v) is 10.5. The van der Waals surface area contributed by atoms with Crippen molar-refractivity contribution < 1.29 is 23.6 Å². The van der Waals surface area contributed by atoms with Crippen LogP contribution >= 0.6 is 15.9 Å². The highest BCUT2D eigenvalue weighted by atomic mass is 79.9. The van der Waals surface area contributed by atoms with Gasteiger partial charge in [0.15, 0.2) is 23.0 Å². The van der Waals surface area contributed by atoms with Gasteiger partial charge in [0.05, 0.1) is 0 Å². The smallest absolute Gasteiger partial charge is 0.358 e. The first-order valence-corrected chi connectivity index (χ1v) is 5.62. The Morgan fingerprint density at radius 2 is 2.28 bits per heavy atom. The zero-order valence-electron chi connectivity index (χ0n) is 8.89. The summed E-state index contributed by atoms with van der Waals surface area (Å²) in [6, 6.07) is 5.56. The van der Waals surface area contributed by atoms with Crippen LogP contribution in [0.2, 0.25) is 0 Å². The molecule has 94 valence electrons. The van der Waals surface area contributed by atoms with Gasteiger partial charge in [-0.2, -0.15) is 0 Å². The molecular weight excluding hydrogens is 309 g/mol. The lowest BCUT2D eigenvalue weighted by molar-refractivity contribution is 0.0685. The molecule has 0 spiro atoms. The minimum atomic E-state index is -1.19. The molecule has 0 saturated carbocycles. The first-order chi connectivity index (χ1) is 8.56. The number of aromatic nitrogens is 1. The molecule has 0 atom stereocenters. The molecule has 18 heavy (non-hydrogen) atoms. The molecule has 0 amide bonds. The first kappa shape index (κ1) is 12.6. The van der Waals surface area contributed by atoms with Gasteiger partial charge >= 0.3 is 5.97 Å². The Kier molecular flexibility index (Phi) is 3.61. The van der Waals surface area contributed by atoms with Gasteiger partial charge in [-0.25, -0.2) is 9.18 Å². The molecule has 0 aliphatic carbocycles. The highest BCUT2D eigenvalue weighted by Crippen LogP contribution is 2.22. The molecule has 0 aliphatic heterocycles. The van der Waals surface area contributed by atoms with Gasteiger partial charge in [-0.3, -0.25) is 0 Å². The third kappa shape index (κ3) is 2.86. The number of hydrogen-bond donors (Lipinski definition) is 1. The van der Waals surface area contributed by atoms with E-state index in [4.69, 9.17) is 14.4 Å². The largest absolute Gasteiger partial charge is 0.482 e. The minimum Gasteiger partial charge on any atom is -0.482 e. The highest BCUT2D eigenvalue weighted by molar-refractivity contribution is 9.10. The second kappa shape index (κ2) is 5.18. The van der Waals surface area contributed by atoms with Crippen molar-refractivity contribution >= 4 is 21.9 Å². The number of nitrogens with zero attached hydrogens (tertiary/aromatic N) is 1. The van der Waals surface area contributed by atoms with Crippen LogP contribution < -0.4 is 4.74 Å². The van der Waals surface area contributed by atoms with Crippen molar-refractivity contribution in [1.82, 2.24) is 5.16 Å². The summed E-state index contributed by atoms with van der Waals surface area (Å²) in [5.74, 6) is -1.47. The third-order valence-corrected chi connectivity index (χ3v) is 2.54. The molecule has 1 aromatic heterocycles. The average Bonchev–Trinajstić information content (AvgIpc) is 2.76. The molecule has 0 unspecified atom stereocenters. The lowest BCUT2D eigenvalue weighted by atomic mass is 10.3. The van der Waals surface area contributed by atoms with E-state index in [0.29, 0.717) is 4.47 Å². The lowest BCUT2D eigenvalue weighted by Crippen LogP contribution is -1.97. The maximum atomic E-state index is 13.4. The van der Waals surface area contributed by atoms with Crippen LogP contribution in [0.5, 0.6) is 5.75 Å². The molecule has 5 nitrogen and oxygen atoms in total. The van der Waals surface area contributed by atoms with Crippen LogP contribution in [0.15, 0.2) is 33.3 Å². The number of hydrogen-bond acceptors (Lipinski definition) is 4. The molecule has 2 aromatic rings. The van der Waals surface area contributed by atoms with Crippen molar-refractivity contribution in [3.63, 3.8) is 0 Å². The fraction of sp³-hybridized carbons (Fsp3) is 0.0909. The topological polar surface area (TPSA) is 72.6 Å². The van der Waals surface area contributed by atoms with Crippen LogP contribution in [-0.2, 0) is 6.61 Å². The summed E-state index contributed by atoms with van der Waals surface area (Å²) < 4.78 is 23.9. The van der Waals surface area contributed by atoms with Crippen molar-refractivity contribution in [3.8, 4) is 5.75 Å². The minimum absolute atomic E-state index is 0.0477. The molecular formula is C11H7BrFNO4. The third-order valence-electron chi connectivity index (χ3n) is 2.04. The fourth-order valence-corrected chi connectivity index (χ4v) is 1.56. The summed E-state index contributed by atoms with van der Waals surface area (Å²) in [6.45, 7) is -0.0984. The molecule has 1 aromatic carbocycles. The summed E-state index contributed by atoms with van der Waals surface area (Å²) >= 11 is 3.12. The Morgan fingerprint density at radius 1 is 1.50 bits per heavy atom. The Labute approximate surface area is 109 Å². The van der Waals surface area contributed by atoms with Gasteiger partial charge < -0.3 is 14.4 Å². The van der Waals surface area contributed by atoms with Crippen molar-refractivity contribution in [2.75, 3.05) is 0 Å². The number of carboxylic acids is 1. The molecule has 2 rings (SSSR count). The van der Waals surface area contributed by atoms with E-state index in [-0.39, 0.29) is 23.8 Å². The van der Waals surface area contributed by atoms with Crippen molar-refractivity contribution in [3.05, 3.63) is 46.0 Å². The monoisotopic (exact) mass is 315 g/mol. The van der Waals surface area contributed by atoms with Crippen LogP contribution in [0.1, 0.15) is 16.2 Å². The van der Waals surface area contributed by atoms with Gasteiger partial charge in [-0.1, -0.05) is 21.1 Å². The van der Waals surface area contributed by atoms with Crippen LogP contribution in [-0.4, -0.2) is 16.2 Å². The van der Waals surface area contributed by atoms with Gasteiger partial charge in [0.25, 0.3) is 0 Å². The van der Waals surface area contributed by atoms with Gasteiger partial charge in [0.1, 0.15) is 6.61 Å². The van der Waals surface area contributed by atoms with E-state index in [1.54, 1.807) is 6.07 Å². The normalized spacial score (nSPS) is 10.3. The van der Waals surface area contributed by atoms with Gasteiger partial charge in [-0.15, -0.1) is 0 Å². The van der Waals surface area contributed by atoms with Crippen molar-refractivity contribution in [2.45, 2.75) is 6.61 Å². The second-order valence-electron chi connectivity index (χ2n) is 3.35. The molecule has 1 heterocycles. The molecule has 0 bridgehead atoms. The predicted octanol–water partition coefficient (Wildman–Crippen LogP) is 2.85. The van der Waals surface area contributed by atoms with Gasteiger partial charge in [0.2, 0.25) is 0 Å².